The molecule has 0 aliphatic carbocycles. The normalized spacial score (nSPS) is 15.0. The Kier molecular flexibility index (Phi) is 7.33. The summed E-state index contributed by atoms with van der Waals surface area (Å²) in [5.41, 5.74) is 4.31. The highest BCUT2D eigenvalue weighted by Gasteiger charge is 2.24. The number of carbonyl (C=O) groups excluding carboxylic acids is 1. The van der Waals surface area contributed by atoms with E-state index in [1.165, 1.54) is 10.5 Å². The Morgan fingerprint density at radius 2 is 1.45 bits per heavy atom. The van der Waals surface area contributed by atoms with Crippen molar-refractivity contribution >= 4 is 11.5 Å². The minimum atomic E-state index is 0. The highest BCUT2D eigenvalue weighted by Crippen LogP contribution is 2.32. The quantitative estimate of drug-likeness (QED) is 0.533. The fourth-order valence-corrected chi connectivity index (χ4v) is 4.34. The molecule has 0 atom stereocenters. The van der Waals surface area contributed by atoms with Crippen LogP contribution in [0.15, 0.2) is 84.9 Å². The maximum Gasteiger partial charge on any atom is 0.247 e. The molecule has 0 aromatic heterocycles. The zero-order chi connectivity index (χ0) is 21.8. The molecule has 33 heavy (non-hydrogen) atoms. The van der Waals surface area contributed by atoms with Gasteiger partial charge in [0, 0.05) is 11.6 Å². The second-order valence-electron chi connectivity index (χ2n) is 8.23. The van der Waals surface area contributed by atoms with Crippen molar-refractivity contribution in [3.05, 3.63) is 102 Å². The lowest BCUT2D eigenvalue weighted by Crippen LogP contribution is -3.13. The molecule has 5 nitrogen and oxygen atoms in total. The van der Waals surface area contributed by atoms with Crippen molar-refractivity contribution < 1.29 is 31.6 Å². The highest BCUT2D eigenvalue weighted by molar-refractivity contribution is 5.99. The second-order valence-corrected chi connectivity index (χ2v) is 8.23. The van der Waals surface area contributed by atoms with Gasteiger partial charge in [-0.3, -0.25) is 4.79 Å². The van der Waals surface area contributed by atoms with Crippen LogP contribution in [-0.4, -0.2) is 43.8 Å². The van der Waals surface area contributed by atoms with Gasteiger partial charge in [0.15, 0.2) is 11.5 Å². The van der Waals surface area contributed by atoms with Crippen LogP contribution in [0.5, 0.6) is 11.5 Å². The van der Waals surface area contributed by atoms with E-state index in [2.05, 4.69) is 36.4 Å². The van der Waals surface area contributed by atoms with Gasteiger partial charge in [-0.25, -0.2) is 0 Å². The van der Waals surface area contributed by atoms with Gasteiger partial charge < -0.3 is 31.7 Å². The number of hydrogen-bond donors (Lipinski definition) is 1. The van der Waals surface area contributed by atoms with Gasteiger partial charge >= 0.3 is 0 Å². The number of nitrogens with zero attached hydrogens (tertiary/aromatic N) is 1. The number of amides is 1. The Bertz CT molecular complexity index is 1070. The van der Waals surface area contributed by atoms with E-state index in [-0.39, 0.29) is 18.3 Å². The van der Waals surface area contributed by atoms with Gasteiger partial charge in [0.1, 0.15) is 6.54 Å². The predicted octanol–water partition coefficient (Wildman–Crippen LogP) is -0.222. The summed E-state index contributed by atoms with van der Waals surface area (Å²) in [5.74, 6) is 1.73. The lowest BCUT2D eigenvalue weighted by Gasteiger charge is -2.32. The molecule has 0 spiro atoms. The number of halogens is 1. The predicted molar refractivity (Wildman–Crippen MR) is 124 cm³/mol. The maximum absolute atomic E-state index is 13.2. The van der Waals surface area contributed by atoms with Crippen LogP contribution < -0.4 is 26.8 Å². The van der Waals surface area contributed by atoms with Gasteiger partial charge in [0.05, 0.1) is 26.2 Å². The first kappa shape index (κ1) is 22.9. The Hall–Kier alpha value is -3.28. The van der Waals surface area contributed by atoms with Crippen LogP contribution in [0.2, 0.25) is 0 Å². The summed E-state index contributed by atoms with van der Waals surface area (Å²) >= 11 is 0. The highest BCUT2D eigenvalue weighted by atomic mass is 35.5. The third-order valence-electron chi connectivity index (χ3n) is 6.11. The van der Waals surface area contributed by atoms with Crippen molar-refractivity contribution in [2.75, 3.05) is 33.0 Å². The number of piperazine rings is 1. The second kappa shape index (κ2) is 10.6. The molecule has 2 heterocycles. The first-order valence-corrected chi connectivity index (χ1v) is 11.1. The van der Waals surface area contributed by atoms with Gasteiger partial charge in [-0.1, -0.05) is 60.7 Å². The van der Waals surface area contributed by atoms with E-state index >= 15 is 0 Å². The first-order chi connectivity index (χ1) is 15.8. The Morgan fingerprint density at radius 3 is 2.09 bits per heavy atom. The van der Waals surface area contributed by atoms with Crippen molar-refractivity contribution in [3.63, 3.8) is 0 Å². The van der Waals surface area contributed by atoms with Gasteiger partial charge in [-0.05, 0) is 34.9 Å². The molecular formula is C27H27ClN2O3. The average Bonchev–Trinajstić information content (AvgIpc) is 3.32. The molecule has 2 aliphatic heterocycles. The molecule has 0 unspecified atom stereocenters. The maximum atomic E-state index is 13.2. The van der Waals surface area contributed by atoms with E-state index in [4.69, 9.17) is 9.47 Å². The number of hydrogen-bond acceptors (Lipinski definition) is 3. The largest absolute Gasteiger partial charge is 1.00 e. The summed E-state index contributed by atoms with van der Waals surface area (Å²) in [6.07, 6.45) is 1.80. The zero-order valence-electron chi connectivity index (χ0n) is 18.4. The number of benzene rings is 3. The van der Waals surface area contributed by atoms with E-state index in [1.54, 1.807) is 6.08 Å². The minimum absolute atomic E-state index is 0. The molecule has 0 bridgehead atoms. The van der Waals surface area contributed by atoms with Gasteiger partial charge in [0.2, 0.25) is 12.7 Å². The van der Waals surface area contributed by atoms with Crippen LogP contribution in [0.3, 0.4) is 0 Å². The van der Waals surface area contributed by atoms with E-state index < -0.39 is 0 Å². The van der Waals surface area contributed by atoms with Crippen LogP contribution in [0.4, 0.5) is 0 Å². The van der Waals surface area contributed by atoms with Crippen molar-refractivity contribution in [2.24, 2.45) is 0 Å². The SMILES string of the molecule is O=C(C=C(c1ccccc1)c1ccccc1)N1CC[NH+](Cc2ccc3c(c2)OCO3)CC1.[Cl-]. The zero-order valence-corrected chi connectivity index (χ0v) is 19.1. The third-order valence-corrected chi connectivity index (χ3v) is 6.11. The van der Waals surface area contributed by atoms with E-state index in [0.29, 0.717) is 6.79 Å². The monoisotopic (exact) mass is 462 g/mol. The number of ether oxygens (including phenoxy) is 2. The summed E-state index contributed by atoms with van der Waals surface area (Å²) in [4.78, 5) is 16.6. The lowest BCUT2D eigenvalue weighted by atomic mass is 9.97. The van der Waals surface area contributed by atoms with Crippen LogP contribution in [0.25, 0.3) is 5.57 Å². The molecular weight excluding hydrogens is 436 g/mol. The summed E-state index contributed by atoms with van der Waals surface area (Å²) < 4.78 is 10.9. The number of rotatable bonds is 5. The number of nitrogens with one attached hydrogen (secondary N) is 1. The number of quaternary nitrogens is 1. The number of fused-ring (bicyclic) bond motifs is 1. The molecule has 3 aromatic carbocycles. The summed E-state index contributed by atoms with van der Waals surface area (Å²) in [6, 6.07) is 26.4. The molecule has 5 rings (SSSR count). The smallest absolute Gasteiger partial charge is 0.247 e. The topological polar surface area (TPSA) is 43.2 Å². The van der Waals surface area contributed by atoms with Crippen molar-refractivity contribution in [1.29, 1.82) is 0 Å². The first-order valence-electron chi connectivity index (χ1n) is 11.1. The van der Waals surface area contributed by atoms with Crippen molar-refractivity contribution in [1.82, 2.24) is 4.90 Å². The molecule has 1 saturated heterocycles. The average molecular weight is 463 g/mol. The van der Waals surface area contributed by atoms with E-state index in [1.807, 2.05) is 47.4 Å². The molecule has 0 radical (unpaired) electrons. The number of carbonyl (C=O) groups is 1. The molecule has 3 aromatic rings. The molecule has 2 aliphatic rings. The van der Waals surface area contributed by atoms with Gasteiger partial charge in [0.25, 0.3) is 0 Å². The molecule has 170 valence electrons. The molecule has 6 heteroatoms. The summed E-state index contributed by atoms with van der Waals surface area (Å²) in [5, 5.41) is 0. The van der Waals surface area contributed by atoms with E-state index in [0.717, 1.165) is 60.9 Å². The molecule has 0 saturated carbocycles. The molecule has 1 N–H and O–H groups in total. The summed E-state index contributed by atoms with van der Waals surface area (Å²) in [7, 11) is 0. The Labute approximate surface area is 200 Å². The fraction of sp³-hybridized carbons (Fsp3) is 0.222. The van der Waals surface area contributed by atoms with Gasteiger partial charge in [-0.2, -0.15) is 0 Å². The molecule has 1 fully saturated rings. The summed E-state index contributed by atoms with van der Waals surface area (Å²) in [6.45, 7) is 4.60. The minimum Gasteiger partial charge on any atom is -1.00 e. The van der Waals surface area contributed by atoms with E-state index in [9.17, 15) is 4.79 Å². The van der Waals surface area contributed by atoms with Crippen LogP contribution >= 0.6 is 0 Å². The molecule has 1 amide bonds. The Balaban J connectivity index is 0.00000259. The fourth-order valence-electron chi connectivity index (χ4n) is 4.34. The van der Waals surface area contributed by atoms with Crippen LogP contribution in [0.1, 0.15) is 16.7 Å². The van der Waals surface area contributed by atoms with Crippen molar-refractivity contribution in [3.8, 4) is 11.5 Å². The Morgan fingerprint density at radius 1 is 0.848 bits per heavy atom. The van der Waals surface area contributed by atoms with Gasteiger partial charge in [-0.15, -0.1) is 0 Å². The van der Waals surface area contributed by atoms with Crippen LogP contribution in [0, 0.1) is 0 Å². The third kappa shape index (κ3) is 5.38. The van der Waals surface area contributed by atoms with Crippen LogP contribution in [-0.2, 0) is 11.3 Å². The standard InChI is InChI=1S/C27H26N2O3.ClH/c30-27(18-24(22-7-3-1-4-8-22)23-9-5-2-6-10-23)29-15-13-28(14-16-29)19-21-11-12-25-26(17-21)32-20-31-25;/h1-12,17-18H,13-16,19-20H2;1H. The lowest BCUT2D eigenvalue weighted by molar-refractivity contribution is -0.917. The van der Waals surface area contributed by atoms with Crippen molar-refractivity contribution in [2.45, 2.75) is 6.54 Å².